The minimum atomic E-state index is -2.42. The molecule has 0 rings (SSSR count). The van der Waals surface area contributed by atoms with Crippen LogP contribution in [0.3, 0.4) is 0 Å². The van der Waals surface area contributed by atoms with E-state index in [0.29, 0.717) is 0 Å². The molecule has 9 nitrogen and oxygen atoms in total. The molecule has 0 bridgehead atoms. The third kappa shape index (κ3) is 3.89. The third-order valence-electron chi connectivity index (χ3n) is 1.60. The fourth-order valence-corrected chi connectivity index (χ4v) is 0.798. The summed E-state index contributed by atoms with van der Waals surface area (Å²) in [5, 5.41) is 9.50. The first-order valence-electron chi connectivity index (χ1n) is 3.67. The molecule has 0 atom stereocenters. The van der Waals surface area contributed by atoms with Crippen LogP contribution in [0.1, 0.15) is 12.8 Å². The summed E-state index contributed by atoms with van der Waals surface area (Å²) in [7, 11) is 0. The van der Waals surface area contributed by atoms with Gasteiger partial charge in [0.2, 0.25) is 0 Å². The topological polar surface area (TPSA) is 168 Å². The van der Waals surface area contributed by atoms with Crippen molar-refractivity contribution < 1.29 is 29.2 Å². The van der Waals surface area contributed by atoms with Gasteiger partial charge >= 0.3 is 11.9 Å². The smallest absolute Gasteiger partial charge is 0.327 e. The van der Waals surface area contributed by atoms with Gasteiger partial charge in [-0.3, -0.25) is 14.4 Å². The zero-order valence-electron chi connectivity index (χ0n) is 7.63. The molecule has 1 amide bonds. The summed E-state index contributed by atoms with van der Waals surface area (Å²) in [6.07, 6.45) is -1.73. The molecule has 0 radical (unpaired) electrons. The molecule has 0 aliphatic carbocycles. The first-order valence-corrected chi connectivity index (χ1v) is 3.67. The van der Waals surface area contributed by atoms with Crippen LogP contribution in [-0.2, 0) is 24.1 Å². The van der Waals surface area contributed by atoms with Gasteiger partial charge in [0, 0.05) is 0 Å². The fourth-order valence-electron chi connectivity index (χ4n) is 0.798. The van der Waals surface area contributed by atoms with Gasteiger partial charge in [-0.2, -0.15) is 11.8 Å². The highest BCUT2D eigenvalue weighted by Gasteiger charge is 2.40. The van der Waals surface area contributed by atoms with E-state index in [2.05, 4.69) is 21.5 Å². The molecule has 0 aliphatic rings. The van der Waals surface area contributed by atoms with E-state index < -0.39 is 36.3 Å². The average Bonchev–Trinajstić information content (AvgIpc) is 2.16. The molecule has 0 aliphatic heterocycles. The van der Waals surface area contributed by atoms with Crippen LogP contribution in [0, 0.1) is 0 Å². The predicted octanol–water partition coefficient (Wildman–Crippen LogP) is -3.18. The van der Waals surface area contributed by atoms with E-state index in [9.17, 15) is 19.5 Å². The zero-order valence-corrected chi connectivity index (χ0v) is 7.63. The summed E-state index contributed by atoms with van der Waals surface area (Å²) in [6.45, 7) is 0. The second-order valence-electron chi connectivity index (χ2n) is 2.73. The summed E-state index contributed by atoms with van der Waals surface area (Å²) in [4.78, 5) is 39.6. The van der Waals surface area contributed by atoms with Gasteiger partial charge in [0.05, 0.1) is 12.8 Å². The number of nitrogens with two attached hydrogens (primary N) is 3. The minimum Gasteiger partial charge on any atom is -0.379 e. The Kier molecular flexibility index (Phi) is 4.64. The molecule has 0 fully saturated rings. The second kappa shape index (κ2) is 5.24. The van der Waals surface area contributed by atoms with Gasteiger partial charge in [0.25, 0.3) is 5.91 Å². The maximum absolute atomic E-state index is 10.8. The highest BCUT2D eigenvalue weighted by molar-refractivity contribution is 5.92. The lowest BCUT2D eigenvalue weighted by molar-refractivity contribution is -0.162. The summed E-state index contributed by atoms with van der Waals surface area (Å²) in [5.74, 6) is 5.46. The second-order valence-corrected chi connectivity index (χ2v) is 2.73. The number of rotatable bonds is 5. The number of carbonyl (C=O) groups excluding carboxylic acids is 3. The van der Waals surface area contributed by atoms with E-state index >= 15 is 0 Å². The number of primary amides is 1. The SMILES string of the molecule is NOC(=O)CC(O)(CC(=O)ON)C(N)=O. The van der Waals surface area contributed by atoms with Crippen molar-refractivity contribution in [3.8, 4) is 0 Å². The number of amides is 1. The van der Waals surface area contributed by atoms with Crippen LogP contribution < -0.4 is 17.5 Å². The molecule has 0 aromatic carbocycles. The van der Waals surface area contributed by atoms with Crippen LogP contribution in [0.25, 0.3) is 0 Å². The maximum Gasteiger partial charge on any atom is 0.327 e. The van der Waals surface area contributed by atoms with Gasteiger partial charge in [0.15, 0.2) is 5.60 Å². The Morgan fingerprint density at radius 3 is 1.60 bits per heavy atom. The predicted molar refractivity (Wildman–Crippen MR) is 43.9 cm³/mol. The van der Waals surface area contributed by atoms with Crippen LogP contribution >= 0.6 is 0 Å². The molecule has 0 aromatic heterocycles. The lowest BCUT2D eigenvalue weighted by Gasteiger charge is -2.21. The lowest BCUT2D eigenvalue weighted by Crippen LogP contribution is -2.48. The molecular weight excluding hydrogens is 210 g/mol. The number of hydrogen-bond donors (Lipinski definition) is 4. The van der Waals surface area contributed by atoms with Crippen molar-refractivity contribution in [1.29, 1.82) is 0 Å². The zero-order chi connectivity index (χ0) is 12.1. The molecule has 7 N–H and O–H groups in total. The minimum absolute atomic E-state index is 0.867. The largest absolute Gasteiger partial charge is 0.379 e. The molecule has 0 spiro atoms. The summed E-state index contributed by atoms with van der Waals surface area (Å²) in [5.41, 5.74) is 2.37. The molecule has 9 heteroatoms. The van der Waals surface area contributed by atoms with Gasteiger partial charge < -0.3 is 20.5 Å². The summed E-state index contributed by atoms with van der Waals surface area (Å²) >= 11 is 0. The Morgan fingerprint density at radius 1 is 1.07 bits per heavy atom. The van der Waals surface area contributed by atoms with Gasteiger partial charge in [-0.1, -0.05) is 0 Å². The number of aliphatic hydroxyl groups is 1. The molecule has 0 heterocycles. The van der Waals surface area contributed by atoms with Crippen LogP contribution in [-0.4, -0.2) is 28.6 Å². The Hall–Kier alpha value is -1.71. The van der Waals surface area contributed by atoms with Crippen molar-refractivity contribution in [3.05, 3.63) is 0 Å². The van der Waals surface area contributed by atoms with Gasteiger partial charge in [-0.25, -0.2) is 0 Å². The van der Waals surface area contributed by atoms with E-state index in [-0.39, 0.29) is 0 Å². The fraction of sp³-hybridized carbons (Fsp3) is 0.500. The third-order valence-corrected chi connectivity index (χ3v) is 1.60. The number of carbonyl (C=O) groups is 3. The average molecular weight is 221 g/mol. The Morgan fingerprint density at radius 2 is 1.40 bits per heavy atom. The van der Waals surface area contributed by atoms with Gasteiger partial charge in [-0.15, -0.1) is 0 Å². The molecule has 0 aromatic rings. The van der Waals surface area contributed by atoms with Crippen LogP contribution in [0.5, 0.6) is 0 Å². The van der Waals surface area contributed by atoms with Crippen molar-refractivity contribution in [2.24, 2.45) is 17.5 Å². The standard InChI is InChI=1S/C6H11N3O6/c7-5(12)6(13,1-3(10)14-8)2-4(11)15-9/h13H,1-2,8-9H2,(H2,7,12). The van der Waals surface area contributed by atoms with E-state index in [4.69, 9.17) is 5.73 Å². The van der Waals surface area contributed by atoms with Crippen LogP contribution in [0.2, 0.25) is 0 Å². The first kappa shape index (κ1) is 13.3. The molecule has 0 saturated carbocycles. The van der Waals surface area contributed by atoms with Crippen molar-refractivity contribution >= 4 is 17.8 Å². The summed E-state index contributed by atoms with van der Waals surface area (Å²) < 4.78 is 0. The van der Waals surface area contributed by atoms with Crippen molar-refractivity contribution in [3.63, 3.8) is 0 Å². The molecule has 86 valence electrons. The molecular formula is C6H11N3O6. The van der Waals surface area contributed by atoms with Crippen LogP contribution in [0.15, 0.2) is 0 Å². The molecule has 0 saturated heterocycles. The molecule has 0 unspecified atom stereocenters. The van der Waals surface area contributed by atoms with Crippen molar-refractivity contribution in [2.45, 2.75) is 18.4 Å². The number of hydrogen-bond acceptors (Lipinski definition) is 8. The maximum atomic E-state index is 10.8. The van der Waals surface area contributed by atoms with E-state index in [1.54, 1.807) is 0 Å². The van der Waals surface area contributed by atoms with E-state index in [1.165, 1.54) is 0 Å². The van der Waals surface area contributed by atoms with E-state index in [0.717, 1.165) is 0 Å². The van der Waals surface area contributed by atoms with E-state index in [1.807, 2.05) is 0 Å². The van der Waals surface area contributed by atoms with Crippen LogP contribution in [0.4, 0.5) is 0 Å². The lowest BCUT2D eigenvalue weighted by atomic mass is 9.95. The first-order chi connectivity index (χ1) is 6.85. The monoisotopic (exact) mass is 221 g/mol. The van der Waals surface area contributed by atoms with Crippen molar-refractivity contribution in [2.75, 3.05) is 0 Å². The summed E-state index contributed by atoms with van der Waals surface area (Å²) in [6, 6.07) is 0. The van der Waals surface area contributed by atoms with Gasteiger partial charge in [-0.05, 0) is 0 Å². The Labute approximate surface area is 84.0 Å². The Bertz CT molecular complexity index is 260. The molecule has 15 heavy (non-hydrogen) atoms. The highest BCUT2D eigenvalue weighted by Crippen LogP contribution is 2.16. The normalized spacial score (nSPS) is 10.6. The Balaban J connectivity index is 4.67. The highest BCUT2D eigenvalue weighted by atomic mass is 16.7. The quantitative estimate of drug-likeness (QED) is 0.352. The van der Waals surface area contributed by atoms with Gasteiger partial charge in [0.1, 0.15) is 0 Å². The van der Waals surface area contributed by atoms with Crippen molar-refractivity contribution in [1.82, 2.24) is 0 Å².